The van der Waals surface area contributed by atoms with Gasteiger partial charge in [0.25, 0.3) is 0 Å². The molecule has 1 N–H and O–H groups in total. The van der Waals surface area contributed by atoms with Crippen LogP contribution in [0.5, 0.6) is 5.75 Å². The van der Waals surface area contributed by atoms with E-state index in [9.17, 15) is 0 Å². The summed E-state index contributed by atoms with van der Waals surface area (Å²) in [6.45, 7) is -1.15. The molecule has 0 saturated carbocycles. The minimum absolute atomic E-state index is 0. The summed E-state index contributed by atoms with van der Waals surface area (Å²) in [5, 5.41) is 2.55. The van der Waals surface area contributed by atoms with Crippen molar-refractivity contribution in [1.82, 2.24) is 5.32 Å². The van der Waals surface area contributed by atoms with Crippen LogP contribution in [0.15, 0.2) is 54.6 Å². The van der Waals surface area contributed by atoms with Crippen molar-refractivity contribution in [2.24, 2.45) is 0 Å². The highest BCUT2D eigenvalue weighted by molar-refractivity contribution is 5.85. The molecule has 110 valence electrons. The largest absolute Gasteiger partial charge is 0.488 e. The van der Waals surface area contributed by atoms with Gasteiger partial charge in [0.2, 0.25) is 0 Å². The third-order valence-corrected chi connectivity index (χ3v) is 3.49. The summed E-state index contributed by atoms with van der Waals surface area (Å²) >= 11 is 0. The van der Waals surface area contributed by atoms with E-state index < -0.39 is 6.98 Å². The molecular formula is C18H20ClNO. The Hall–Kier alpha value is -1.77. The molecular weight excluding hydrogens is 282 g/mol. The summed E-state index contributed by atoms with van der Waals surface area (Å²) in [5.74, 6) is 0.860. The predicted octanol–water partition coefficient (Wildman–Crippen LogP) is 4.04. The number of fused-ring (bicyclic) bond motifs is 2. The van der Waals surface area contributed by atoms with Crippen LogP contribution < -0.4 is 10.1 Å². The van der Waals surface area contributed by atoms with E-state index in [-0.39, 0.29) is 12.4 Å². The second kappa shape index (κ2) is 7.30. The van der Waals surface area contributed by atoms with Crippen molar-refractivity contribution in [3.05, 3.63) is 71.3 Å². The first-order valence-electron chi connectivity index (χ1n) is 8.30. The van der Waals surface area contributed by atoms with Crippen LogP contribution in [0.3, 0.4) is 0 Å². The fourth-order valence-electron chi connectivity index (χ4n) is 2.53. The highest BCUT2D eigenvalue weighted by Gasteiger charge is 2.17. The number of hydrogen-bond acceptors (Lipinski definition) is 2. The van der Waals surface area contributed by atoms with Crippen molar-refractivity contribution in [2.45, 2.75) is 13.0 Å². The highest BCUT2D eigenvalue weighted by atomic mass is 35.5. The van der Waals surface area contributed by atoms with Crippen LogP contribution in [0.4, 0.5) is 0 Å². The average Bonchev–Trinajstić information content (AvgIpc) is 2.68. The Kier molecular flexibility index (Phi) is 4.12. The summed E-state index contributed by atoms with van der Waals surface area (Å²) in [4.78, 5) is 0. The standard InChI is InChI=1S/C18H19NO.ClH/c1-19-12-6-10-16-15-8-3-2-7-14(15)13-20-18-11-5-4-9-17(16)18;/h2-5,7-11,19H,6,12-13H2,1H3;1H/b16-10-;/i1D3;. The van der Waals surface area contributed by atoms with Crippen LogP contribution in [0.25, 0.3) is 5.57 Å². The van der Waals surface area contributed by atoms with Gasteiger partial charge in [0.15, 0.2) is 0 Å². The van der Waals surface area contributed by atoms with E-state index in [0.717, 1.165) is 28.0 Å². The molecule has 3 heteroatoms. The predicted molar refractivity (Wildman–Crippen MR) is 90.1 cm³/mol. The minimum atomic E-state index is -2.10. The van der Waals surface area contributed by atoms with Gasteiger partial charge in [-0.25, -0.2) is 0 Å². The van der Waals surface area contributed by atoms with E-state index in [1.807, 2.05) is 36.4 Å². The highest BCUT2D eigenvalue weighted by Crippen LogP contribution is 2.36. The number of rotatable bonds is 3. The Bertz CT molecular complexity index is 679. The molecule has 0 unspecified atom stereocenters. The van der Waals surface area contributed by atoms with Crippen LogP contribution in [0.2, 0.25) is 0 Å². The third kappa shape index (κ3) is 3.29. The molecule has 0 aliphatic carbocycles. The van der Waals surface area contributed by atoms with Gasteiger partial charge < -0.3 is 10.1 Å². The van der Waals surface area contributed by atoms with E-state index in [0.29, 0.717) is 19.6 Å². The van der Waals surface area contributed by atoms with E-state index in [4.69, 9.17) is 8.85 Å². The van der Waals surface area contributed by atoms with Gasteiger partial charge in [-0.15, -0.1) is 12.4 Å². The molecule has 3 rings (SSSR count). The molecule has 0 aromatic heterocycles. The fourth-order valence-corrected chi connectivity index (χ4v) is 2.53. The molecule has 0 radical (unpaired) electrons. The first kappa shape index (κ1) is 11.8. The topological polar surface area (TPSA) is 21.3 Å². The van der Waals surface area contributed by atoms with E-state index in [1.54, 1.807) is 0 Å². The molecule has 2 aromatic rings. The maximum absolute atomic E-state index is 7.21. The minimum Gasteiger partial charge on any atom is -0.488 e. The summed E-state index contributed by atoms with van der Waals surface area (Å²) in [7, 11) is 0. The first-order chi connectivity index (χ1) is 11.0. The Morgan fingerprint density at radius 2 is 1.90 bits per heavy atom. The lowest BCUT2D eigenvalue weighted by atomic mass is 9.93. The molecule has 0 amide bonds. The van der Waals surface area contributed by atoms with Gasteiger partial charge in [-0.05, 0) is 42.7 Å². The molecule has 0 fully saturated rings. The Morgan fingerprint density at radius 3 is 2.76 bits per heavy atom. The zero-order valence-corrected chi connectivity index (χ0v) is 12.5. The number of benzene rings is 2. The van der Waals surface area contributed by atoms with Gasteiger partial charge >= 0.3 is 0 Å². The van der Waals surface area contributed by atoms with Crippen LogP contribution in [0.1, 0.15) is 27.2 Å². The monoisotopic (exact) mass is 304 g/mol. The average molecular weight is 305 g/mol. The van der Waals surface area contributed by atoms with Crippen molar-refractivity contribution in [2.75, 3.05) is 13.5 Å². The molecule has 1 heterocycles. The maximum atomic E-state index is 7.21. The molecule has 0 atom stereocenters. The summed E-state index contributed by atoms with van der Waals surface area (Å²) in [5.41, 5.74) is 4.43. The quantitative estimate of drug-likeness (QED) is 0.864. The van der Waals surface area contributed by atoms with Crippen molar-refractivity contribution >= 4 is 18.0 Å². The molecule has 21 heavy (non-hydrogen) atoms. The van der Waals surface area contributed by atoms with Crippen LogP contribution in [-0.2, 0) is 6.61 Å². The zero-order valence-electron chi connectivity index (χ0n) is 14.6. The van der Waals surface area contributed by atoms with E-state index in [2.05, 4.69) is 23.5 Å². The zero-order chi connectivity index (χ0) is 16.3. The van der Waals surface area contributed by atoms with Crippen LogP contribution >= 0.6 is 12.4 Å². The Balaban J connectivity index is 0.00000208. The summed E-state index contributed by atoms with van der Waals surface area (Å²) in [6, 6.07) is 16.1. The normalized spacial score (nSPS) is 17.1. The lowest BCUT2D eigenvalue weighted by Crippen LogP contribution is -2.06. The van der Waals surface area contributed by atoms with Gasteiger partial charge in [-0.2, -0.15) is 0 Å². The van der Waals surface area contributed by atoms with Gasteiger partial charge in [0.05, 0.1) is 0 Å². The number of para-hydroxylation sites is 1. The first-order valence-corrected chi connectivity index (χ1v) is 6.80. The van der Waals surface area contributed by atoms with Gasteiger partial charge in [-0.1, -0.05) is 48.5 Å². The molecule has 2 aromatic carbocycles. The van der Waals surface area contributed by atoms with E-state index >= 15 is 0 Å². The lowest BCUT2D eigenvalue weighted by molar-refractivity contribution is 0.307. The smallest absolute Gasteiger partial charge is 0.127 e. The molecule has 0 saturated heterocycles. The van der Waals surface area contributed by atoms with Crippen molar-refractivity contribution < 1.29 is 8.85 Å². The Labute approximate surface area is 136 Å². The van der Waals surface area contributed by atoms with Gasteiger partial charge in [0.1, 0.15) is 12.4 Å². The summed E-state index contributed by atoms with van der Waals surface area (Å²) < 4.78 is 27.5. The van der Waals surface area contributed by atoms with Crippen molar-refractivity contribution in [3.8, 4) is 5.75 Å². The van der Waals surface area contributed by atoms with Gasteiger partial charge in [0, 0.05) is 9.68 Å². The molecule has 0 bridgehead atoms. The fraction of sp³-hybridized carbons (Fsp3) is 0.222. The lowest BCUT2D eigenvalue weighted by Gasteiger charge is -2.10. The van der Waals surface area contributed by atoms with E-state index in [1.165, 1.54) is 0 Å². The van der Waals surface area contributed by atoms with Gasteiger partial charge in [-0.3, -0.25) is 0 Å². The van der Waals surface area contributed by atoms with Crippen LogP contribution in [-0.4, -0.2) is 13.5 Å². The van der Waals surface area contributed by atoms with Crippen LogP contribution in [0, 0.1) is 0 Å². The summed E-state index contributed by atoms with van der Waals surface area (Å²) in [6.07, 6.45) is 2.72. The number of hydrogen-bond donors (Lipinski definition) is 1. The Morgan fingerprint density at radius 1 is 1.14 bits per heavy atom. The number of nitrogens with one attached hydrogen (secondary N) is 1. The third-order valence-electron chi connectivity index (χ3n) is 3.49. The SMILES string of the molecule is Cl.[2H]C([2H])([2H])NCC/C=C1/c2ccccc2COc2ccccc21. The molecule has 1 aliphatic heterocycles. The second-order valence-corrected chi connectivity index (χ2v) is 4.78. The number of ether oxygens (including phenoxy) is 1. The number of halogens is 1. The van der Waals surface area contributed by atoms with Crippen molar-refractivity contribution in [1.29, 1.82) is 0 Å². The molecule has 2 nitrogen and oxygen atoms in total. The molecule has 1 aliphatic rings. The second-order valence-electron chi connectivity index (χ2n) is 4.78. The maximum Gasteiger partial charge on any atom is 0.127 e. The van der Waals surface area contributed by atoms with Crippen molar-refractivity contribution in [3.63, 3.8) is 0 Å². The molecule has 0 spiro atoms.